The van der Waals surface area contributed by atoms with Crippen molar-refractivity contribution in [1.29, 1.82) is 0 Å². The van der Waals surface area contributed by atoms with Crippen LogP contribution in [0.3, 0.4) is 0 Å². The first-order valence-corrected chi connectivity index (χ1v) is 7.89. The maximum Gasteiger partial charge on any atom is 0.135 e. The molecule has 0 fully saturated rings. The molecular formula is C18H17N7. The number of nitrogens with one attached hydrogen (secondary N) is 2. The molecule has 0 radical (unpaired) electrons. The molecule has 0 saturated carbocycles. The molecule has 7 nitrogen and oxygen atoms in total. The average Bonchev–Trinajstić information content (AvgIpc) is 3.07. The summed E-state index contributed by atoms with van der Waals surface area (Å²) in [6.07, 6.45) is 7.31. The standard InChI is InChI=1S/C18H17N7/c1-19-18-14-11-21-17(23-16-5-3-4-7-20-16)9-12(14)13(10-22-18)15-6-8-25(2)24-15/h3-11H,1-2H3,(H,19,22)(H,20,21,23). The van der Waals surface area contributed by atoms with Gasteiger partial charge in [-0.3, -0.25) is 4.68 Å². The van der Waals surface area contributed by atoms with Crippen LogP contribution in [-0.4, -0.2) is 31.8 Å². The quantitative estimate of drug-likeness (QED) is 0.598. The number of pyridine rings is 3. The van der Waals surface area contributed by atoms with Crippen molar-refractivity contribution in [3.05, 3.63) is 55.1 Å². The molecule has 0 aliphatic carbocycles. The zero-order valence-electron chi connectivity index (χ0n) is 13.9. The van der Waals surface area contributed by atoms with E-state index in [1.165, 1.54) is 0 Å². The molecule has 2 N–H and O–H groups in total. The minimum Gasteiger partial charge on any atom is -0.373 e. The van der Waals surface area contributed by atoms with Gasteiger partial charge in [-0.2, -0.15) is 5.10 Å². The number of rotatable bonds is 4. The fourth-order valence-electron chi connectivity index (χ4n) is 2.73. The van der Waals surface area contributed by atoms with Crippen molar-refractivity contribution < 1.29 is 0 Å². The number of aromatic nitrogens is 5. The van der Waals surface area contributed by atoms with Gasteiger partial charge in [0.1, 0.15) is 17.5 Å². The highest BCUT2D eigenvalue weighted by atomic mass is 15.2. The van der Waals surface area contributed by atoms with Crippen LogP contribution in [0.25, 0.3) is 22.0 Å². The fraction of sp³-hybridized carbons (Fsp3) is 0.111. The van der Waals surface area contributed by atoms with Crippen LogP contribution >= 0.6 is 0 Å². The third-order valence-electron chi connectivity index (χ3n) is 3.92. The minimum absolute atomic E-state index is 0.719. The van der Waals surface area contributed by atoms with E-state index in [1.807, 2.05) is 63.0 Å². The lowest BCUT2D eigenvalue weighted by atomic mass is 10.1. The molecule has 0 atom stereocenters. The SMILES string of the molecule is CNc1ncc(-c2ccn(C)n2)c2cc(Nc3ccccn3)ncc12. The largest absolute Gasteiger partial charge is 0.373 e. The second-order valence-corrected chi connectivity index (χ2v) is 5.60. The lowest BCUT2D eigenvalue weighted by Gasteiger charge is -2.11. The molecule has 4 aromatic heterocycles. The number of hydrogen-bond donors (Lipinski definition) is 2. The van der Waals surface area contributed by atoms with Crippen LogP contribution in [0.2, 0.25) is 0 Å². The highest BCUT2D eigenvalue weighted by molar-refractivity contribution is 6.01. The first kappa shape index (κ1) is 15.1. The predicted octanol–water partition coefficient (Wildman–Crippen LogP) is 3.21. The van der Waals surface area contributed by atoms with Crippen molar-refractivity contribution in [2.45, 2.75) is 0 Å². The molecule has 7 heteroatoms. The summed E-state index contributed by atoms with van der Waals surface area (Å²) in [4.78, 5) is 13.3. The van der Waals surface area contributed by atoms with Crippen molar-refractivity contribution in [1.82, 2.24) is 24.7 Å². The molecule has 0 unspecified atom stereocenters. The summed E-state index contributed by atoms with van der Waals surface area (Å²) >= 11 is 0. The van der Waals surface area contributed by atoms with Crippen molar-refractivity contribution in [2.24, 2.45) is 7.05 Å². The lowest BCUT2D eigenvalue weighted by molar-refractivity contribution is 0.771. The zero-order chi connectivity index (χ0) is 17.2. The van der Waals surface area contributed by atoms with Gasteiger partial charge in [0.2, 0.25) is 0 Å². The Morgan fingerprint density at radius 2 is 1.88 bits per heavy atom. The summed E-state index contributed by atoms with van der Waals surface area (Å²) in [6, 6.07) is 9.68. The minimum atomic E-state index is 0.719. The van der Waals surface area contributed by atoms with E-state index in [9.17, 15) is 0 Å². The van der Waals surface area contributed by atoms with E-state index in [1.54, 1.807) is 10.9 Å². The molecule has 0 aromatic carbocycles. The predicted molar refractivity (Wildman–Crippen MR) is 98.8 cm³/mol. The number of nitrogens with zero attached hydrogens (tertiary/aromatic N) is 5. The Hall–Kier alpha value is -3.48. The Morgan fingerprint density at radius 1 is 0.960 bits per heavy atom. The summed E-state index contributed by atoms with van der Waals surface area (Å²) in [6.45, 7) is 0. The first-order chi connectivity index (χ1) is 12.2. The van der Waals surface area contributed by atoms with Gasteiger partial charge in [0.25, 0.3) is 0 Å². The molecule has 0 saturated heterocycles. The van der Waals surface area contributed by atoms with Gasteiger partial charge >= 0.3 is 0 Å². The van der Waals surface area contributed by atoms with Crippen LogP contribution in [0.4, 0.5) is 17.5 Å². The lowest BCUT2D eigenvalue weighted by Crippen LogP contribution is -1.99. The maximum atomic E-state index is 4.50. The molecule has 4 heterocycles. The molecule has 25 heavy (non-hydrogen) atoms. The normalized spacial score (nSPS) is 10.8. The third kappa shape index (κ3) is 2.87. The van der Waals surface area contributed by atoms with Gasteiger partial charge in [0.15, 0.2) is 0 Å². The van der Waals surface area contributed by atoms with E-state index in [0.717, 1.165) is 39.5 Å². The van der Waals surface area contributed by atoms with Crippen molar-refractivity contribution in [3.63, 3.8) is 0 Å². The second kappa shape index (κ2) is 6.20. The number of fused-ring (bicyclic) bond motifs is 1. The third-order valence-corrected chi connectivity index (χ3v) is 3.92. The van der Waals surface area contributed by atoms with Crippen LogP contribution in [0, 0.1) is 0 Å². The molecule has 124 valence electrons. The van der Waals surface area contributed by atoms with Gasteiger partial charge in [-0.1, -0.05) is 6.07 Å². The van der Waals surface area contributed by atoms with Crippen LogP contribution in [0.15, 0.2) is 55.1 Å². The molecule has 4 aromatic rings. The van der Waals surface area contributed by atoms with Crippen molar-refractivity contribution in [2.75, 3.05) is 17.7 Å². The average molecular weight is 331 g/mol. The number of hydrogen-bond acceptors (Lipinski definition) is 6. The van der Waals surface area contributed by atoms with Crippen molar-refractivity contribution in [3.8, 4) is 11.3 Å². The summed E-state index contributed by atoms with van der Waals surface area (Å²) in [5.41, 5.74) is 1.83. The Bertz CT molecular complexity index is 1020. The van der Waals surface area contributed by atoms with E-state index in [0.29, 0.717) is 0 Å². The number of anilines is 3. The molecule has 0 bridgehead atoms. The Morgan fingerprint density at radius 3 is 2.60 bits per heavy atom. The Balaban J connectivity index is 1.86. The summed E-state index contributed by atoms with van der Waals surface area (Å²) < 4.78 is 1.78. The smallest absolute Gasteiger partial charge is 0.135 e. The topological polar surface area (TPSA) is 80.5 Å². The highest BCUT2D eigenvalue weighted by Gasteiger charge is 2.12. The maximum absolute atomic E-state index is 4.50. The van der Waals surface area contributed by atoms with E-state index in [2.05, 4.69) is 30.7 Å². The van der Waals surface area contributed by atoms with Gasteiger partial charge in [-0.25, -0.2) is 15.0 Å². The highest BCUT2D eigenvalue weighted by Crippen LogP contribution is 2.32. The second-order valence-electron chi connectivity index (χ2n) is 5.60. The Labute approximate surface area is 144 Å². The first-order valence-electron chi connectivity index (χ1n) is 7.89. The molecule has 0 aliphatic heterocycles. The van der Waals surface area contributed by atoms with Gasteiger partial charge in [0, 0.05) is 55.2 Å². The molecule has 0 aliphatic rings. The van der Waals surface area contributed by atoms with Crippen molar-refractivity contribution >= 4 is 28.2 Å². The van der Waals surface area contributed by atoms with Gasteiger partial charge < -0.3 is 10.6 Å². The van der Waals surface area contributed by atoms with E-state index in [4.69, 9.17) is 0 Å². The summed E-state index contributed by atoms with van der Waals surface area (Å²) in [5, 5.41) is 12.8. The van der Waals surface area contributed by atoms with Crippen LogP contribution in [0.1, 0.15) is 0 Å². The molecular weight excluding hydrogens is 314 g/mol. The van der Waals surface area contributed by atoms with E-state index < -0.39 is 0 Å². The van der Waals surface area contributed by atoms with Gasteiger partial charge in [0.05, 0.1) is 5.69 Å². The summed E-state index contributed by atoms with van der Waals surface area (Å²) in [7, 11) is 3.75. The van der Waals surface area contributed by atoms with Crippen LogP contribution in [0.5, 0.6) is 0 Å². The van der Waals surface area contributed by atoms with E-state index in [-0.39, 0.29) is 0 Å². The van der Waals surface area contributed by atoms with Crippen LogP contribution < -0.4 is 10.6 Å². The van der Waals surface area contributed by atoms with E-state index >= 15 is 0 Å². The van der Waals surface area contributed by atoms with Gasteiger partial charge in [-0.15, -0.1) is 0 Å². The number of aryl methyl sites for hydroxylation is 1. The Kier molecular flexibility index (Phi) is 3.74. The summed E-state index contributed by atoms with van der Waals surface area (Å²) in [5.74, 6) is 2.25. The monoisotopic (exact) mass is 331 g/mol. The van der Waals surface area contributed by atoms with Gasteiger partial charge in [-0.05, 0) is 24.3 Å². The fourth-order valence-corrected chi connectivity index (χ4v) is 2.73. The molecule has 0 amide bonds. The van der Waals surface area contributed by atoms with Crippen LogP contribution in [-0.2, 0) is 7.05 Å². The molecule has 0 spiro atoms. The zero-order valence-corrected chi connectivity index (χ0v) is 13.9. The molecule has 4 rings (SSSR count).